The Morgan fingerprint density at radius 3 is 2.07 bits per heavy atom. The van der Waals surface area contributed by atoms with Gasteiger partial charge in [-0.2, -0.15) is 0 Å². The van der Waals surface area contributed by atoms with Gasteiger partial charge < -0.3 is 0 Å². The average Bonchev–Trinajstić information content (AvgIpc) is 3.43. The van der Waals surface area contributed by atoms with Crippen LogP contribution in [0, 0.1) is 0 Å². The van der Waals surface area contributed by atoms with Gasteiger partial charge in [0.1, 0.15) is 0 Å². The number of hydrogen-bond donors (Lipinski definition) is 0. The second-order valence-corrected chi connectivity index (χ2v) is 13.1. The first-order valence-electron chi connectivity index (χ1n) is 14.7. The van der Waals surface area contributed by atoms with E-state index < -0.39 is 0 Å². The fourth-order valence-electron chi connectivity index (χ4n) is 6.90. The van der Waals surface area contributed by atoms with Gasteiger partial charge in [-0.1, -0.05) is 117 Å². The first-order chi connectivity index (χ1) is 20.5. The van der Waals surface area contributed by atoms with Gasteiger partial charge in [0.15, 0.2) is 5.78 Å². The van der Waals surface area contributed by atoms with Crippen molar-refractivity contribution in [3.8, 4) is 33.4 Å². The molecule has 0 aliphatic heterocycles. The van der Waals surface area contributed by atoms with E-state index in [0.717, 1.165) is 46.2 Å². The van der Waals surface area contributed by atoms with Crippen LogP contribution in [0.3, 0.4) is 0 Å². The fourth-order valence-corrected chi connectivity index (χ4v) is 8.24. The van der Waals surface area contributed by atoms with Gasteiger partial charge in [-0.05, 0) is 81.1 Å². The zero-order chi connectivity index (χ0) is 28.4. The third-order valence-electron chi connectivity index (χ3n) is 9.14. The molecule has 6 aromatic rings. The summed E-state index contributed by atoms with van der Waals surface area (Å²) >= 11 is 1.95. The van der Waals surface area contributed by atoms with E-state index in [1.807, 2.05) is 35.6 Å². The SMILES string of the molecule is CC1(C)c2ccccc2C(=O)c2ccc(-c3cccc(-c4cccc(-c5cccc6c7c(sc56)CCC=C7)c4)c3)cc21. The molecule has 0 spiro atoms. The van der Waals surface area contributed by atoms with Gasteiger partial charge in [0.25, 0.3) is 0 Å². The molecular formula is C40H30OS. The summed E-state index contributed by atoms with van der Waals surface area (Å²) < 4.78 is 1.38. The number of carbonyl (C=O) groups excluding carboxylic acids is 1. The van der Waals surface area contributed by atoms with E-state index in [1.165, 1.54) is 42.8 Å². The van der Waals surface area contributed by atoms with Gasteiger partial charge in [-0.15, -0.1) is 11.3 Å². The molecule has 1 nitrogen and oxygen atoms in total. The molecular weight excluding hydrogens is 529 g/mol. The maximum atomic E-state index is 13.4. The van der Waals surface area contributed by atoms with Crippen LogP contribution in [-0.4, -0.2) is 5.78 Å². The van der Waals surface area contributed by atoms with E-state index in [1.54, 1.807) is 0 Å². The minimum absolute atomic E-state index is 0.120. The number of benzene rings is 5. The summed E-state index contributed by atoms with van der Waals surface area (Å²) in [6.07, 6.45) is 6.87. The van der Waals surface area contributed by atoms with Gasteiger partial charge in [-0.3, -0.25) is 4.79 Å². The van der Waals surface area contributed by atoms with Crippen LogP contribution in [-0.2, 0) is 11.8 Å². The first kappa shape index (κ1) is 25.2. The van der Waals surface area contributed by atoms with Crippen LogP contribution < -0.4 is 0 Å². The highest BCUT2D eigenvalue weighted by molar-refractivity contribution is 7.20. The van der Waals surface area contributed by atoms with Crippen molar-refractivity contribution in [1.82, 2.24) is 0 Å². The molecule has 0 saturated carbocycles. The van der Waals surface area contributed by atoms with E-state index >= 15 is 0 Å². The molecule has 2 heteroatoms. The Balaban J connectivity index is 1.19. The lowest BCUT2D eigenvalue weighted by molar-refractivity contribution is 0.103. The molecule has 0 saturated heterocycles. The van der Waals surface area contributed by atoms with E-state index in [9.17, 15) is 4.79 Å². The highest BCUT2D eigenvalue weighted by Gasteiger charge is 2.36. The van der Waals surface area contributed by atoms with Crippen LogP contribution >= 0.6 is 11.3 Å². The molecule has 1 heterocycles. The van der Waals surface area contributed by atoms with Crippen molar-refractivity contribution in [2.75, 3.05) is 0 Å². The zero-order valence-corrected chi connectivity index (χ0v) is 24.6. The van der Waals surface area contributed by atoms with Crippen molar-refractivity contribution in [2.24, 2.45) is 0 Å². The number of ketones is 1. The molecule has 2 aliphatic carbocycles. The Morgan fingerprint density at radius 2 is 1.26 bits per heavy atom. The predicted octanol–water partition coefficient (Wildman–Crippen LogP) is 10.7. The fraction of sp³-hybridized carbons (Fsp3) is 0.125. The average molecular weight is 559 g/mol. The second kappa shape index (κ2) is 9.51. The molecule has 2 aliphatic rings. The predicted molar refractivity (Wildman–Crippen MR) is 177 cm³/mol. The summed E-state index contributed by atoms with van der Waals surface area (Å²) in [5, 5.41) is 1.37. The Hall–Kier alpha value is -4.53. The maximum Gasteiger partial charge on any atom is 0.193 e. The second-order valence-electron chi connectivity index (χ2n) is 12.0. The molecule has 42 heavy (non-hydrogen) atoms. The Morgan fingerprint density at radius 1 is 0.619 bits per heavy atom. The molecule has 8 rings (SSSR count). The molecule has 0 N–H and O–H groups in total. The van der Waals surface area contributed by atoms with Crippen LogP contribution in [0.15, 0.2) is 115 Å². The van der Waals surface area contributed by atoms with E-state index in [2.05, 4.69) is 111 Å². The van der Waals surface area contributed by atoms with E-state index in [0.29, 0.717) is 0 Å². The number of rotatable bonds is 3. The van der Waals surface area contributed by atoms with Gasteiger partial charge in [0.05, 0.1) is 0 Å². The molecule has 0 fully saturated rings. The van der Waals surface area contributed by atoms with Crippen LogP contribution in [0.1, 0.15) is 57.8 Å². The topological polar surface area (TPSA) is 17.1 Å². The van der Waals surface area contributed by atoms with Gasteiger partial charge in [-0.25, -0.2) is 0 Å². The summed E-state index contributed by atoms with van der Waals surface area (Å²) in [5.41, 5.74) is 12.2. The molecule has 0 radical (unpaired) electrons. The molecule has 0 bridgehead atoms. The summed E-state index contributed by atoms with van der Waals surface area (Å²) in [4.78, 5) is 14.9. The quantitative estimate of drug-likeness (QED) is 0.211. The number of allylic oxidation sites excluding steroid dienone is 1. The lowest BCUT2D eigenvalue weighted by Gasteiger charge is -2.34. The standard InChI is InChI=1S/C40H30OS/c1-40(2)35-18-5-3-15-33(35)38(41)34-21-20-28(24-36(34)40)26-11-7-10-25(22-26)27-12-8-13-29(23-27)30-16-9-17-32-31-14-4-6-19-37(31)42-39(30)32/h3-5,7-18,20-24H,6,19H2,1-2H3. The van der Waals surface area contributed by atoms with Crippen molar-refractivity contribution in [3.63, 3.8) is 0 Å². The molecule has 0 unspecified atom stereocenters. The zero-order valence-electron chi connectivity index (χ0n) is 23.8. The van der Waals surface area contributed by atoms with E-state index in [-0.39, 0.29) is 11.2 Å². The third-order valence-corrected chi connectivity index (χ3v) is 10.5. The summed E-state index contributed by atoms with van der Waals surface area (Å²) in [6.45, 7) is 4.45. The van der Waals surface area contributed by atoms with Crippen LogP contribution in [0.4, 0.5) is 0 Å². The van der Waals surface area contributed by atoms with Crippen molar-refractivity contribution in [3.05, 3.63) is 148 Å². The summed E-state index contributed by atoms with van der Waals surface area (Å²) in [7, 11) is 0. The lowest BCUT2D eigenvalue weighted by atomic mass is 9.68. The minimum atomic E-state index is -0.250. The number of thiophene rings is 1. The highest BCUT2D eigenvalue weighted by Crippen LogP contribution is 2.44. The Labute approximate surface area is 250 Å². The molecule has 5 aromatic carbocycles. The molecule has 1 aromatic heterocycles. The van der Waals surface area contributed by atoms with Crippen molar-refractivity contribution < 1.29 is 4.79 Å². The monoisotopic (exact) mass is 558 g/mol. The number of carbonyl (C=O) groups is 1. The number of hydrogen-bond acceptors (Lipinski definition) is 2. The van der Waals surface area contributed by atoms with Crippen LogP contribution in [0.25, 0.3) is 49.5 Å². The first-order valence-corrected chi connectivity index (χ1v) is 15.5. The highest BCUT2D eigenvalue weighted by atomic mass is 32.1. The Bertz CT molecular complexity index is 2090. The smallest absolute Gasteiger partial charge is 0.193 e. The normalized spacial score (nSPS) is 14.9. The molecule has 0 amide bonds. The largest absolute Gasteiger partial charge is 0.289 e. The number of aryl methyl sites for hydroxylation is 1. The van der Waals surface area contributed by atoms with Crippen molar-refractivity contribution in [1.29, 1.82) is 0 Å². The summed E-state index contributed by atoms with van der Waals surface area (Å²) in [6, 6.07) is 38.8. The van der Waals surface area contributed by atoms with Gasteiger partial charge in [0, 0.05) is 31.5 Å². The number of fused-ring (bicyclic) bond motifs is 5. The maximum absolute atomic E-state index is 13.4. The van der Waals surface area contributed by atoms with Crippen molar-refractivity contribution in [2.45, 2.75) is 32.1 Å². The minimum Gasteiger partial charge on any atom is -0.289 e. The van der Waals surface area contributed by atoms with E-state index in [4.69, 9.17) is 0 Å². The third kappa shape index (κ3) is 3.86. The van der Waals surface area contributed by atoms with Crippen LogP contribution in [0.2, 0.25) is 0 Å². The Kier molecular flexibility index (Phi) is 5.70. The van der Waals surface area contributed by atoms with Crippen LogP contribution in [0.5, 0.6) is 0 Å². The molecule has 0 atom stereocenters. The van der Waals surface area contributed by atoms with Crippen molar-refractivity contribution >= 4 is 33.3 Å². The molecule has 202 valence electrons. The summed E-state index contributed by atoms with van der Waals surface area (Å²) in [5.74, 6) is 0.120. The van der Waals surface area contributed by atoms with Gasteiger partial charge in [0.2, 0.25) is 0 Å². The lowest BCUT2D eigenvalue weighted by Crippen LogP contribution is -2.30. The van der Waals surface area contributed by atoms with Gasteiger partial charge >= 0.3 is 0 Å².